The first-order valence-electron chi connectivity index (χ1n) is 6.57. The molecule has 0 spiro atoms. The van der Waals surface area contributed by atoms with Gasteiger partial charge in [-0.3, -0.25) is 4.79 Å². The Hall–Kier alpha value is -2.10. The van der Waals surface area contributed by atoms with Gasteiger partial charge in [0.25, 0.3) is 0 Å². The van der Waals surface area contributed by atoms with Crippen LogP contribution in [0.5, 0.6) is 0 Å². The highest BCUT2D eigenvalue weighted by Crippen LogP contribution is 2.38. The zero-order valence-electron chi connectivity index (χ0n) is 11.0. The van der Waals surface area contributed by atoms with Crippen molar-refractivity contribution in [1.29, 1.82) is 0 Å². The molecule has 0 radical (unpaired) electrons. The van der Waals surface area contributed by atoms with E-state index in [2.05, 4.69) is 34.4 Å². The molecule has 1 saturated carbocycles. The monoisotopic (exact) mass is 255 g/mol. The molecule has 2 aromatic rings. The Bertz CT molecular complexity index is 653. The minimum atomic E-state index is -0.153. The molecule has 1 N–H and O–H groups in total. The molecule has 4 heteroatoms. The van der Waals surface area contributed by atoms with Crippen molar-refractivity contribution in [3.05, 3.63) is 42.2 Å². The van der Waals surface area contributed by atoms with Gasteiger partial charge in [-0.2, -0.15) is 0 Å². The SMILES string of the molecule is C=CC(=O)NCc1ccc2c(c1)nc(C)n2C1CC1. The van der Waals surface area contributed by atoms with E-state index in [0.29, 0.717) is 12.6 Å². The smallest absolute Gasteiger partial charge is 0.243 e. The number of fused-ring (bicyclic) bond motifs is 1. The van der Waals surface area contributed by atoms with Crippen LogP contribution in [0.2, 0.25) is 0 Å². The summed E-state index contributed by atoms with van der Waals surface area (Å²) >= 11 is 0. The number of carbonyl (C=O) groups excluding carboxylic acids is 1. The molecule has 3 rings (SSSR count). The van der Waals surface area contributed by atoms with Gasteiger partial charge in [0.1, 0.15) is 5.82 Å². The van der Waals surface area contributed by atoms with E-state index in [4.69, 9.17) is 0 Å². The minimum absolute atomic E-state index is 0.153. The molecule has 0 atom stereocenters. The lowest BCUT2D eigenvalue weighted by molar-refractivity contribution is -0.116. The maximum atomic E-state index is 11.2. The maximum Gasteiger partial charge on any atom is 0.243 e. The summed E-state index contributed by atoms with van der Waals surface area (Å²) in [5.41, 5.74) is 3.26. The molecule has 1 aliphatic carbocycles. The third-order valence-corrected chi connectivity index (χ3v) is 3.49. The van der Waals surface area contributed by atoms with Crippen LogP contribution < -0.4 is 5.32 Å². The quantitative estimate of drug-likeness (QED) is 0.853. The predicted octanol–water partition coefficient (Wildman–Crippen LogP) is 2.48. The summed E-state index contributed by atoms with van der Waals surface area (Å²) in [4.78, 5) is 15.8. The van der Waals surface area contributed by atoms with Gasteiger partial charge >= 0.3 is 0 Å². The first-order valence-corrected chi connectivity index (χ1v) is 6.57. The number of nitrogens with zero attached hydrogens (tertiary/aromatic N) is 2. The molecule has 1 heterocycles. The van der Waals surface area contributed by atoms with Crippen molar-refractivity contribution in [2.75, 3.05) is 0 Å². The third-order valence-electron chi connectivity index (χ3n) is 3.49. The van der Waals surface area contributed by atoms with E-state index in [0.717, 1.165) is 16.9 Å². The highest BCUT2D eigenvalue weighted by Gasteiger charge is 2.26. The zero-order chi connectivity index (χ0) is 13.4. The van der Waals surface area contributed by atoms with Crippen molar-refractivity contribution in [3.63, 3.8) is 0 Å². The summed E-state index contributed by atoms with van der Waals surface area (Å²) in [5.74, 6) is 0.921. The molecule has 1 aromatic carbocycles. The van der Waals surface area contributed by atoms with Crippen LogP contribution in [0.4, 0.5) is 0 Å². The van der Waals surface area contributed by atoms with Gasteiger partial charge in [0, 0.05) is 12.6 Å². The molecule has 1 amide bonds. The molecular formula is C15H17N3O. The van der Waals surface area contributed by atoms with Gasteiger partial charge < -0.3 is 9.88 Å². The summed E-state index contributed by atoms with van der Waals surface area (Å²) in [5, 5.41) is 2.78. The minimum Gasteiger partial charge on any atom is -0.348 e. The number of amides is 1. The van der Waals surface area contributed by atoms with Crippen LogP contribution in [-0.4, -0.2) is 15.5 Å². The van der Waals surface area contributed by atoms with Crippen LogP contribution in [0.1, 0.15) is 30.3 Å². The van der Waals surface area contributed by atoms with Crippen LogP contribution in [0, 0.1) is 6.92 Å². The highest BCUT2D eigenvalue weighted by atomic mass is 16.1. The Labute approximate surface area is 112 Å². The van der Waals surface area contributed by atoms with E-state index in [-0.39, 0.29) is 5.91 Å². The van der Waals surface area contributed by atoms with E-state index in [1.807, 2.05) is 12.1 Å². The summed E-state index contributed by atoms with van der Waals surface area (Å²) in [6.45, 7) is 6.00. The van der Waals surface area contributed by atoms with Gasteiger partial charge in [0.15, 0.2) is 0 Å². The Morgan fingerprint density at radius 3 is 3.05 bits per heavy atom. The van der Waals surface area contributed by atoms with Crippen molar-refractivity contribution >= 4 is 16.9 Å². The van der Waals surface area contributed by atoms with Gasteiger partial charge in [-0.25, -0.2) is 4.98 Å². The molecule has 0 aliphatic heterocycles. The Balaban J connectivity index is 1.89. The normalized spacial score (nSPS) is 14.6. The predicted molar refractivity (Wildman–Crippen MR) is 74.8 cm³/mol. The van der Waals surface area contributed by atoms with Crippen molar-refractivity contribution < 1.29 is 4.79 Å². The molecule has 1 fully saturated rings. The van der Waals surface area contributed by atoms with Crippen molar-refractivity contribution in [3.8, 4) is 0 Å². The summed E-state index contributed by atoms with van der Waals surface area (Å²) in [6, 6.07) is 6.83. The molecule has 0 saturated heterocycles. The van der Waals surface area contributed by atoms with E-state index in [9.17, 15) is 4.79 Å². The van der Waals surface area contributed by atoms with Gasteiger partial charge in [-0.15, -0.1) is 0 Å². The Morgan fingerprint density at radius 2 is 2.37 bits per heavy atom. The molecule has 0 unspecified atom stereocenters. The lowest BCUT2D eigenvalue weighted by Crippen LogP contribution is -2.19. The number of aryl methyl sites for hydroxylation is 1. The maximum absolute atomic E-state index is 11.2. The Kier molecular flexibility index (Phi) is 2.85. The van der Waals surface area contributed by atoms with Crippen LogP contribution in [0.3, 0.4) is 0 Å². The van der Waals surface area contributed by atoms with Gasteiger partial charge in [0.2, 0.25) is 5.91 Å². The molecule has 1 aliphatic rings. The average Bonchev–Trinajstić information content (AvgIpc) is 3.18. The summed E-state index contributed by atoms with van der Waals surface area (Å²) in [6.07, 6.45) is 3.79. The fourth-order valence-electron chi connectivity index (χ4n) is 2.43. The number of hydrogen-bond donors (Lipinski definition) is 1. The average molecular weight is 255 g/mol. The first kappa shape index (κ1) is 12.0. The molecule has 19 heavy (non-hydrogen) atoms. The lowest BCUT2D eigenvalue weighted by atomic mass is 10.2. The Morgan fingerprint density at radius 1 is 1.58 bits per heavy atom. The second-order valence-electron chi connectivity index (χ2n) is 5.01. The van der Waals surface area contributed by atoms with Gasteiger partial charge in [-0.05, 0) is 43.5 Å². The number of hydrogen-bond acceptors (Lipinski definition) is 2. The largest absolute Gasteiger partial charge is 0.348 e. The highest BCUT2D eigenvalue weighted by molar-refractivity contribution is 5.86. The van der Waals surface area contributed by atoms with E-state index in [1.54, 1.807) is 0 Å². The number of aromatic nitrogens is 2. The number of benzene rings is 1. The second-order valence-corrected chi connectivity index (χ2v) is 5.01. The van der Waals surface area contributed by atoms with E-state index < -0.39 is 0 Å². The fraction of sp³-hybridized carbons (Fsp3) is 0.333. The third kappa shape index (κ3) is 2.26. The summed E-state index contributed by atoms with van der Waals surface area (Å²) in [7, 11) is 0. The van der Waals surface area contributed by atoms with Gasteiger partial charge in [-0.1, -0.05) is 12.6 Å². The molecule has 98 valence electrons. The number of rotatable bonds is 4. The van der Waals surface area contributed by atoms with Crippen molar-refractivity contribution in [2.45, 2.75) is 32.4 Å². The number of nitrogens with one attached hydrogen (secondary N) is 1. The van der Waals surface area contributed by atoms with Gasteiger partial charge in [0.05, 0.1) is 11.0 Å². The molecule has 1 aromatic heterocycles. The van der Waals surface area contributed by atoms with Crippen LogP contribution in [-0.2, 0) is 11.3 Å². The zero-order valence-corrected chi connectivity index (χ0v) is 11.0. The molecule has 4 nitrogen and oxygen atoms in total. The van der Waals surface area contributed by atoms with Crippen LogP contribution in [0.25, 0.3) is 11.0 Å². The number of imidazole rings is 1. The van der Waals surface area contributed by atoms with Crippen molar-refractivity contribution in [2.24, 2.45) is 0 Å². The lowest BCUT2D eigenvalue weighted by Gasteiger charge is -2.05. The fourth-order valence-corrected chi connectivity index (χ4v) is 2.43. The van der Waals surface area contributed by atoms with Crippen LogP contribution >= 0.6 is 0 Å². The number of carbonyl (C=O) groups is 1. The molecular weight excluding hydrogens is 238 g/mol. The standard InChI is InChI=1S/C15H17N3O/c1-3-15(19)16-9-11-4-7-14-13(8-11)17-10(2)18(14)12-5-6-12/h3-4,7-8,12H,1,5-6,9H2,2H3,(H,16,19). The van der Waals surface area contributed by atoms with Crippen molar-refractivity contribution in [1.82, 2.24) is 14.9 Å². The topological polar surface area (TPSA) is 46.9 Å². The summed E-state index contributed by atoms with van der Waals surface area (Å²) < 4.78 is 2.32. The molecule has 0 bridgehead atoms. The van der Waals surface area contributed by atoms with E-state index in [1.165, 1.54) is 24.4 Å². The second kappa shape index (κ2) is 4.53. The van der Waals surface area contributed by atoms with E-state index >= 15 is 0 Å². The van der Waals surface area contributed by atoms with Crippen LogP contribution in [0.15, 0.2) is 30.9 Å². The first-order chi connectivity index (χ1) is 9.19.